The van der Waals surface area contributed by atoms with Crippen molar-refractivity contribution in [2.24, 2.45) is 0 Å². The van der Waals surface area contributed by atoms with E-state index in [1.807, 2.05) is 6.07 Å². The lowest BCUT2D eigenvalue weighted by molar-refractivity contribution is -0.121. The highest BCUT2D eigenvalue weighted by atomic mass is 16.2. The topological polar surface area (TPSA) is 83.7 Å². The van der Waals surface area contributed by atoms with Gasteiger partial charge < -0.3 is 10.6 Å². The van der Waals surface area contributed by atoms with Gasteiger partial charge in [0.05, 0.1) is 6.54 Å². The molecule has 0 aliphatic carbocycles. The van der Waals surface area contributed by atoms with Crippen LogP contribution in [0.15, 0.2) is 29.2 Å². The van der Waals surface area contributed by atoms with Crippen molar-refractivity contribution in [2.45, 2.75) is 13.0 Å². The van der Waals surface area contributed by atoms with Crippen molar-refractivity contribution in [2.75, 3.05) is 39.3 Å². The summed E-state index contributed by atoms with van der Waals surface area (Å²) in [4.78, 5) is 26.3. The number of nitrogens with zero attached hydrogens (tertiary/aromatic N) is 4. The predicted molar refractivity (Wildman–Crippen MR) is 86.4 cm³/mol. The van der Waals surface area contributed by atoms with Gasteiger partial charge in [-0.25, -0.2) is 9.48 Å². The van der Waals surface area contributed by atoms with Crippen LogP contribution in [0.4, 0.5) is 0 Å². The van der Waals surface area contributed by atoms with E-state index in [1.54, 1.807) is 18.3 Å². The highest BCUT2D eigenvalue weighted by molar-refractivity contribution is 5.75. The molecule has 1 fully saturated rings. The first-order valence-electron chi connectivity index (χ1n) is 7.98. The molecule has 124 valence electrons. The van der Waals surface area contributed by atoms with Crippen molar-refractivity contribution in [3.8, 4) is 0 Å². The van der Waals surface area contributed by atoms with Gasteiger partial charge in [0.2, 0.25) is 5.91 Å². The number of carbonyl (C=O) groups is 1. The molecular weight excluding hydrogens is 296 g/mol. The summed E-state index contributed by atoms with van der Waals surface area (Å²) in [6.45, 7) is 5.84. The zero-order valence-corrected chi connectivity index (χ0v) is 13.1. The Bertz CT molecular complexity index is 716. The molecule has 0 saturated carbocycles. The first-order chi connectivity index (χ1) is 11.2. The van der Waals surface area contributed by atoms with Gasteiger partial charge in [-0.2, -0.15) is 0 Å². The molecule has 2 aromatic rings. The minimum atomic E-state index is -0.214. The van der Waals surface area contributed by atoms with Crippen LogP contribution in [0.25, 0.3) is 5.65 Å². The highest BCUT2D eigenvalue weighted by Gasteiger charge is 2.10. The summed E-state index contributed by atoms with van der Waals surface area (Å²) in [5.74, 6) is -0.0518. The summed E-state index contributed by atoms with van der Waals surface area (Å²) in [5.41, 5.74) is 0.380. The molecular formula is C15H22N6O2. The lowest BCUT2D eigenvalue weighted by atomic mass is 10.3. The number of hydrogen-bond donors (Lipinski definition) is 2. The number of hydrogen-bond acceptors (Lipinski definition) is 5. The van der Waals surface area contributed by atoms with E-state index in [1.165, 1.54) is 9.08 Å². The van der Waals surface area contributed by atoms with Crippen LogP contribution >= 0.6 is 0 Å². The fourth-order valence-electron chi connectivity index (χ4n) is 2.70. The first kappa shape index (κ1) is 15.7. The quantitative estimate of drug-likeness (QED) is 0.707. The van der Waals surface area contributed by atoms with Crippen LogP contribution in [0.2, 0.25) is 0 Å². The maximum atomic E-state index is 12.1. The molecule has 0 unspecified atom stereocenters. The van der Waals surface area contributed by atoms with E-state index < -0.39 is 0 Å². The summed E-state index contributed by atoms with van der Waals surface area (Å²) in [7, 11) is 0. The van der Waals surface area contributed by atoms with E-state index in [2.05, 4.69) is 20.6 Å². The second-order valence-electron chi connectivity index (χ2n) is 5.63. The molecule has 8 heteroatoms. The average Bonchev–Trinajstić information content (AvgIpc) is 2.90. The molecule has 0 radical (unpaired) electrons. The highest BCUT2D eigenvalue weighted by Crippen LogP contribution is 1.96. The molecule has 1 aliphatic rings. The second kappa shape index (κ2) is 7.38. The summed E-state index contributed by atoms with van der Waals surface area (Å²) < 4.78 is 2.81. The predicted octanol–water partition coefficient (Wildman–Crippen LogP) is -1.09. The zero-order valence-electron chi connectivity index (χ0n) is 13.1. The number of amides is 1. The Balaban J connectivity index is 1.44. The lowest BCUT2D eigenvalue weighted by Gasteiger charge is -2.27. The minimum absolute atomic E-state index is 0.0518. The summed E-state index contributed by atoms with van der Waals surface area (Å²) >= 11 is 0. The Labute approximate surface area is 134 Å². The Morgan fingerprint density at radius 2 is 2.09 bits per heavy atom. The minimum Gasteiger partial charge on any atom is -0.355 e. The van der Waals surface area contributed by atoms with Gasteiger partial charge in [-0.05, 0) is 12.1 Å². The summed E-state index contributed by atoms with van der Waals surface area (Å²) in [5, 5.41) is 10.4. The van der Waals surface area contributed by atoms with Crippen LogP contribution < -0.4 is 16.3 Å². The fourth-order valence-corrected chi connectivity index (χ4v) is 2.70. The van der Waals surface area contributed by atoms with E-state index >= 15 is 0 Å². The van der Waals surface area contributed by atoms with Gasteiger partial charge in [0.15, 0.2) is 5.65 Å². The SMILES string of the molecule is O=C(CCn1nc2ccccn2c1=O)NCCN1CCNCC1. The number of piperazine rings is 1. The number of aromatic nitrogens is 3. The number of rotatable bonds is 6. The Kier molecular flexibility index (Phi) is 5.04. The van der Waals surface area contributed by atoms with Crippen LogP contribution in [0.5, 0.6) is 0 Å². The van der Waals surface area contributed by atoms with E-state index in [9.17, 15) is 9.59 Å². The first-order valence-corrected chi connectivity index (χ1v) is 7.98. The molecule has 2 N–H and O–H groups in total. The molecule has 0 spiro atoms. The van der Waals surface area contributed by atoms with Crippen LogP contribution in [-0.2, 0) is 11.3 Å². The van der Waals surface area contributed by atoms with Crippen molar-refractivity contribution < 1.29 is 4.79 Å². The van der Waals surface area contributed by atoms with Crippen LogP contribution in [0.3, 0.4) is 0 Å². The number of carbonyl (C=O) groups excluding carboxylic acids is 1. The van der Waals surface area contributed by atoms with Crippen molar-refractivity contribution in [1.29, 1.82) is 0 Å². The monoisotopic (exact) mass is 318 g/mol. The summed E-state index contributed by atoms with van der Waals surface area (Å²) in [6, 6.07) is 5.38. The third-order valence-corrected chi connectivity index (χ3v) is 4.00. The van der Waals surface area contributed by atoms with E-state index in [0.717, 1.165) is 32.7 Å². The molecule has 2 aromatic heterocycles. The smallest absolute Gasteiger partial charge is 0.350 e. The average molecular weight is 318 g/mol. The Hall–Kier alpha value is -2.19. The van der Waals surface area contributed by atoms with E-state index in [-0.39, 0.29) is 18.0 Å². The van der Waals surface area contributed by atoms with Gasteiger partial charge in [-0.3, -0.25) is 14.1 Å². The fraction of sp³-hybridized carbons (Fsp3) is 0.533. The molecule has 3 heterocycles. The molecule has 0 aromatic carbocycles. The normalized spacial score (nSPS) is 15.8. The van der Waals surface area contributed by atoms with Crippen molar-refractivity contribution >= 4 is 11.6 Å². The van der Waals surface area contributed by atoms with Crippen LogP contribution in [0, 0.1) is 0 Å². The van der Waals surface area contributed by atoms with E-state index in [0.29, 0.717) is 18.7 Å². The second-order valence-corrected chi connectivity index (χ2v) is 5.63. The number of nitrogens with one attached hydrogen (secondary N) is 2. The maximum absolute atomic E-state index is 12.1. The molecule has 0 bridgehead atoms. The van der Waals surface area contributed by atoms with Crippen LogP contribution in [-0.4, -0.2) is 64.3 Å². The Morgan fingerprint density at radius 3 is 2.87 bits per heavy atom. The maximum Gasteiger partial charge on any atom is 0.350 e. The molecule has 23 heavy (non-hydrogen) atoms. The molecule has 8 nitrogen and oxygen atoms in total. The Morgan fingerprint density at radius 1 is 1.26 bits per heavy atom. The molecule has 0 atom stereocenters. The van der Waals surface area contributed by atoms with E-state index in [4.69, 9.17) is 0 Å². The van der Waals surface area contributed by atoms with Crippen molar-refractivity contribution in [3.63, 3.8) is 0 Å². The third kappa shape index (κ3) is 3.96. The number of pyridine rings is 1. The van der Waals surface area contributed by atoms with Gasteiger partial charge in [0.1, 0.15) is 0 Å². The van der Waals surface area contributed by atoms with Crippen LogP contribution in [0.1, 0.15) is 6.42 Å². The zero-order chi connectivity index (χ0) is 16.1. The molecule has 3 rings (SSSR count). The summed E-state index contributed by atoms with van der Waals surface area (Å²) in [6.07, 6.45) is 1.93. The molecule has 1 saturated heterocycles. The van der Waals surface area contributed by atoms with Crippen molar-refractivity contribution in [3.05, 3.63) is 34.9 Å². The number of fused-ring (bicyclic) bond motifs is 1. The number of aryl methyl sites for hydroxylation is 1. The van der Waals surface area contributed by atoms with Gasteiger partial charge in [-0.15, -0.1) is 5.10 Å². The largest absolute Gasteiger partial charge is 0.355 e. The van der Waals surface area contributed by atoms with Gasteiger partial charge in [0.25, 0.3) is 0 Å². The lowest BCUT2D eigenvalue weighted by Crippen LogP contribution is -2.46. The molecule has 1 amide bonds. The van der Waals surface area contributed by atoms with Gasteiger partial charge >= 0.3 is 5.69 Å². The molecule has 1 aliphatic heterocycles. The van der Waals surface area contributed by atoms with Gasteiger partial charge in [-0.1, -0.05) is 6.07 Å². The van der Waals surface area contributed by atoms with Gasteiger partial charge in [0, 0.05) is 51.9 Å². The third-order valence-electron chi connectivity index (χ3n) is 4.00. The standard InChI is InChI=1S/C15H22N6O2/c22-14(17-7-12-19-10-5-16-6-11-19)4-9-21-15(23)20-8-2-1-3-13(20)18-21/h1-3,8,16H,4-7,9-12H2,(H,17,22). The van der Waals surface area contributed by atoms with Crippen molar-refractivity contribution in [1.82, 2.24) is 29.7 Å².